The van der Waals surface area contributed by atoms with Crippen molar-refractivity contribution in [2.75, 3.05) is 0 Å². The summed E-state index contributed by atoms with van der Waals surface area (Å²) in [4.78, 5) is 0. The normalized spacial score (nSPS) is 9.54. The molecule has 0 radical (unpaired) electrons. The first kappa shape index (κ1) is 9.71. The van der Waals surface area contributed by atoms with E-state index in [4.69, 9.17) is 0 Å². The Kier molecular flexibility index (Phi) is 3.01. The zero-order valence-corrected chi connectivity index (χ0v) is 8.06. The topological polar surface area (TPSA) is 28.7 Å². The molecule has 0 bridgehead atoms. The van der Waals surface area contributed by atoms with Gasteiger partial charge in [-0.3, -0.25) is 5.10 Å². The van der Waals surface area contributed by atoms with Crippen molar-refractivity contribution in [3.8, 4) is 0 Å². The number of para-hydroxylation sites is 1. The highest BCUT2D eigenvalue weighted by Gasteiger charge is 2.03. The Bertz CT molecular complexity index is 393. The molecular formula is C10H13FN2. The summed E-state index contributed by atoms with van der Waals surface area (Å²) in [5.41, 5.74) is 1.32. The van der Waals surface area contributed by atoms with Crippen LogP contribution in [0.25, 0.3) is 10.9 Å². The number of rotatable bonds is 0. The van der Waals surface area contributed by atoms with Crippen molar-refractivity contribution in [3.63, 3.8) is 0 Å². The van der Waals surface area contributed by atoms with E-state index in [1.54, 1.807) is 6.07 Å². The van der Waals surface area contributed by atoms with Crippen LogP contribution < -0.4 is 0 Å². The summed E-state index contributed by atoms with van der Waals surface area (Å²) >= 11 is 0. The zero-order chi connectivity index (χ0) is 9.84. The lowest BCUT2D eigenvalue weighted by atomic mass is 10.2. The highest BCUT2D eigenvalue weighted by molar-refractivity contribution is 5.81. The summed E-state index contributed by atoms with van der Waals surface area (Å²) in [7, 11) is 0. The smallest absolute Gasteiger partial charge is 0.151 e. The van der Waals surface area contributed by atoms with E-state index in [2.05, 4.69) is 10.2 Å². The van der Waals surface area contributed by atoms with E-state index in [1.165, 1.54) is 6.07 Å². The minimum absolute atomic E-state index is 0.271. The molecule has 0 fully saturated rings. The third-order valence-electron chi connectivity index (χ3n) is 1.73. The maximum atomic E-state index is 12.9. The van der Waals surface area contributed by atoms with E-state index in [9.17, 15) is 4.39 Å². The van der Waals surface area contributed by atoms with Crippen LogP contribution in [0.15, 0.2) is 18.2 Å². The minimum Gasteiger partial charge on any atom is -0.282 e. The van der Waals surface area contributed by atoms with Crippen LogP contribution in [0.5, 0.6) is 0 Å². The average Bonchev–Trinajstić information content (AvgIpc) is 2.53. The number of H-pyrrole nitrogens is 1. The number of aryl methyl sites for hydroxylation is 1. The lowest BCUT2D eigenvalue weighted by Gasteiger charge is -1.88. The third-order valence-corrected chi connectivity index (χ3v) is 1.73. The molecular weight excluding hydrogens is 167 g/mol. The fourth-order valence-corrected chi connectivity index (χ4v) is 1.13. The Labute approximate surface area is 76.8 Å². The molecule has 1 aromatic heterocycles. The largest absolute Gasteiger partial charge is 0.282 e. The van der Waals surface area contributed by atoms with Gasteiger partial charge in [0.2, 0.25) is 0 Å². The van der Waals surface area contributed by atoms with E-state index in [1.807, 2.05) is 26.8 Å². The number of hydrogen-bond acceptors (Lipinski definition) is 1. The van der Waals surface area contributed by atoms with E-state index in [-0.39, 0.29) is 5.82 Å². The molecule has 0 aliphatic carbocycles. The predicted molar refractivity (Wildman–Crippen MR) is 52.1 cm³/mol. The molecule has 0 aliphatic heterocycles. The number of halogens is 1. The molecule has 3 heteroatoms. The van der Waals surface area contributed by atoms with Gasteiger partial charge in [-0.25, -0.2) is 4.39 Å². The van der Waals surface area contributed by atoms with Gasteiger partial charge >= 0.3 is 0 Å². The number of aromatic amines is 1. The third kappa shape index (κ3) is 1.69. The second-order valence-electron chi connectivity index (χ2n) is 2.48. The van der Waals surface area contributed by atoms with Gasteiger partial charge in [-0.2, -0.15) is 5.10 Å². The van der Waals surface area contributed by atoms with Gasteiger partial charge in [0.1, 0.15) is 5.52 Å². The Morgan fingerprint density at radius 2 is 2.00 bits per heavy atom. The second-order valence-corrected chi connectivity index (χ2v) is 2.48. The number of fused-ring (bicyclic) bond motifs is 1. The molecule has 0 atom stereocenters. The van der Waals surface area contributed by atoms with Gasteiger partial charge in [0, 0.05) is 11.1 Å². The van der Waals surface area contributed by atoms with Crippen molar-refractivity contribution in [1.82, 2.24) is 10.2 Å². The van der Waals surface area contributed by atoms with Crippen molar-refractivity contribution in [1.29, 1.82) is 0 Å². The molecule has 0 saturated heterocycles. The molecule has 70 valence electrons. The zero-order valence-electron chi connectivity index (χ0n) is 8.06. The lowest BCUT2D eigenvalue weighted by molar-refractivity contribution is 0.636. The van der Waals surface area contributed by atoms with Crippen LogP contribution in [-0.4, -0.2) is 10.2 Å². The van der Waals surface area contributed by atoms with Gasteiger partial charge in [0.05, 0.1) is 0 Å². The molecule has 2 aromatic rings. The van der Waals surface area contributed by atoms with Crippen LogP contribution in [0.4, 0.5) is 4.39 Å². The first-order chi connectivity index (χ1) is 6.29. The molecule has 2 nitrogen and oxygen atoms in total. The van der Waals surface area contributed by atoms with Gasteiger partial charge in [-0.15, -0.1) is 0 Å². The lowest BCUT2D eigenvalue weighted by Crippen LogP contribution is -1.75. The van der Waals surface area contributed by atoms with Crippen LogP contribution in [0.2, 0.25) is 0 Å². The Morgan fingerprint density at radius 1 is 1.31 bits per heavy atom. The quantitative estimate of drug-likeness (QED) is 0.663. The van der Waals surface area contributed by atoms with E-state index in [0.29, 0.717) is 5.52 Å². The number of nitrogens with one attached hydrogen (secondary N) is 1. The molecule has 0 unspecified atom stereocenters. The Balaban J connectivity index is 0.000000396. The molecule has 0 saturated carbocycles. The fraction of sp³-hybridized carbons (Fsp3) is 0.300. The molecule has 0 spiro atoms. The number of aromatic nitrogens is 2. The molecule has 2 rings (SSSR count). The fourth-order valence-electron chi connectivity index (χ4n) is 1.13. The summed E-state index contributed by atoms with van der Waals surface area (Å²) < 4.78 is 12.9. The number of hydrogen-bond donors (Lipinski definition) is 1. The van der Waals surface area contributed by atoms with Crippen LogP contribution in [0, 0.1) is 12.7 Å². The van der Waals surface area contributed by atoms with E-state index < -0.39 is 0 Å². The van der Waals surface area contributed by atoms with E-state index >= 15 is 0 Å². The van der Waals surface area contributed by atoms with Crippen LogP contribution in [0.1, 0.15) is 19.5 Å². The summed E-state index contributed by atoms with van der Waals surface area (Å²) in [6.07, 6.45) is 0. The molecule has 0 amide bonds. The molecule has 1 aromatic carbocycles. The second kappa shape index (κ2) is 4.03. The van der Waals surface area contributed by atoms with Crippen molar-refractivity contribution >= 4 is 10.9 Å². The van der Waals surface area contributed by atoms with Gasteiger partial charge < -0.3 is 0 Å². The summed E-state index contributed by atoms with van der Waals surface area (Å²) in [5, 5.41) is 7.40. The first-order valence-corrected chi connectivity index (χ1v) is 4.38. The molecule has 1 N–H and O–H groups in total. The van der Waals surface area contributed by atoms with Gasteiger partial charge in [0.25, 0.3) is 0 Å². The monoisotopic (exact) mass is 180 g/mol. The number of benzene rings is 1. The van der Waals surface area contributed by atoms with Crippen LogP contribution >= 0.6 is 0 Å². The average molecular weight is 180 g/mol. The standard InChI is InChI=1S/C8H7FN2.C2H6/c1-5-6-3-2-4-7(9)8(6)11-10-5;1-2/h2-4H,1H3,(H,10,11);1-2H3. The van der Waals surface area contributed by atoms with Crippen molar-refractivity contribution in [2.45, 2.75) is 20.8 Å². The SMILES string of the molecule is CC.Cc1[nH]nc2c(F)cccc12. The van der Waals surface area contributed by atoms with Crippen molar-refractivity contribution < 1.29 is 4.39 Å². The molecule has 13 heavy (non-hydrogen) atoms. The minimum atomic E-state index is -0.271. The maximum Gasteiger partial charge on any atom is 0.151 e. The first-order valence-electron chi connectivity index (χ1n) is 4.38. The van der Waals surface area contributed by atoms with Gasteiger partial charge in [-0.05, 0) is 13.0 Å². The molecule has 0 aliphatic rings. The summed E-state index contributed by atoms with van der Waals surface area (Å²) in [5.74, 6) is -0.271. The molecule has 1 heterocycles. The Morgan fingerprint density at radius 3 is 2.62 bits per heavy atom. The Hall–Kier alpha value is -1.38. The summed E-state index contributed by atoms with van der Waals surface area (Å²) in [6.45, 7) is 5.87. The highest BCUT2D eigenvalue weighted by atomic mass is 19.1. The maximum absolute atomic E-state index is 12.9. The van der Waals surface area contributed by atoms with Gasteiger partial charge in [0.15, 0.2) is 5.82 Å². The number of nitrogens with zero attached hydrogens (tertiary/aromatic N) is 1. The highest BCUT2D eigenvalue weighted by Crippen LogP contribution is 2.16. The van der Waals surface area contributed by atoms with Gasteiger partial charge in [-0.1, -0.05) is 26.0 Å². The van der Waals surface area contributed by atoms with Crippen molar-refractivity contribution in [2.24, 2.45) is 0 Å². The van der Waals surface area contributed by atoms with E-state index in [0.717, 1.165) is 11.1 Å². The summed E-state index contributed by atoms with van der Waals surface area (Å²) in [6, 6.07) is 4.93. The van der Waals surface area contributed by atoms with Crippen LogP contribution in [0.3, 0.4) is 0 Å². The van der Waals surface area contributed by atoms with Crippen molar-refractivity contribution in [3.05, 3.63) is 29.7 Å². The van der Waals surface area contributed by atoms with Crippen LogP contribution in [-0.2, 0) is 0 Å². The predicted octanol–water partition coefficient (Wildman–Crippen LogP) is 3.04.